The zero-order valence-electron chi connectivity index (χ0n) is 11.4. The molecule has 0 atom stereocenters. The van der Waals surface area contributed by atoms with Gasteiger partial charge in [0.15, 0.2) is 11.6 Å². The van der Waals surface area contributed by atoms with Crippen molar-refractivity contribution in [2.75, 3.05) is 0 Å². The minimum absolute atomic E-state index is 0.0569. The standard InChI is InChI=1S/C16H9ClO6/c17-12-8(5-9(18)19)15(22)10-11(16(12)23)14(21)7-4-2-1-3-6(7)13(10)20/h1-4,22-23H,5H2,(H,18,19)/p-1. The molecule has 6 nitrogen and oxygen atoms in total. The summed E-state index contributed by atoms with van der Waals surface area (Å²) < 4.78 is 0. The monoisotopic (exact) mass is 331 g/mol. The zero-order valence-corrected chi connectivity index (χ0v) is 12.2. The highest BCUT2D eigenvalue weighted by atomic mass is 35.5. The number of halogens is 1. The van der Waals surface area contributed by atoms with Crippen molar-refractivity contribution in [2.24, 2.45) is 0 Å². The molecule has 0 fully saturated rings. The summed E-state index contributed by atoms with van der Waals surface area (Å²) in [6, 6.07) is 5.92. The van der Waals surface area contributed by atoms with E-state index in [4.69, 9.17) is 11.6 Å². The summed E-state index contributed by atoms with van der Waals surface area (Å²) in [5.41, 5.74) is -1.13. The number of benzene rings is 2. The Morgan fingerprint density at radius 2 is 1.48 bits per heavy atom. The number of hydrogen-bond acceptors (Lipinski definition) is 6. The Balaban J connectivity index is 2.37. The Bertz CT molecular complexity index is 900. The molecule has 0 unspecified atom stereocenters. The fourth-order valence-corrected chi connectivity index (χ4v) is 2.89. The van der Waals surface area contributed by atoms with Crippen molar-refractivity contribution in [3.63, 3.8) is 0 Å². The number of hydrogen-bond donors (Lipinski definition) is 2. The molecule has 3 rings (SSSR count). The van der Waals surface area contributed by atoms with Gasteiger partial charge in [-0.05, 0) is 0 Å². The Morgan fingerprint density at radius 3 is 1.96 bits per heavy atom. The van der Waals surface area contributed by atoms with Gasteiger partial charge in [-0.1, -0.05) is 35.9 Å². The summed E-state index contributed by atoms with van der Waals surface area (Å²) in [5.74, 6) is -4.40. The van der Waals surface area contributed by atoms with Gasteiger partial charge in [0.1, 0.15) is 11.5 Å². The van der Waals surface area contributed by atoms with E-state index in [2.05, 4.69) is 0 Å². The van der Waals surface area contributed by atoms with Crippen LogP contribution in [0.4, 0.5) is 0 Å². The van der Waals surface area contributed by atoms with Crippen LogP contribution in [0.5, 0.6) is 11.5 Å². The summed E-state index contributed by atoms with van der Waals surface area (Å²) >= 11 is 5.86. The number of aliphatic carboxylic acids is 1. The summed E-state index contributed by atoms with van der Waals surface area (Å²) in [6.07, 6.45) is -0.811. The van der Waals surface area contributed by atoms with Crippen molar-refractivity contribution in [3.05, 3.63) is 57.1 Å². The predicted molar refractivity (Wildman–Crippen MR) is 76.8 cm³/mol. The van der Waals surface area contributed by atoms with Crippen molar-refractivity contribution < 1.29 is 29.7 Å². The Morgan fingerprint density at radius 1 is 1.00 bits per heavy atom. The van der Waals surface area contributed by atoms with Crippen LogP contribution in [0.3, 0.4) is 0 Å². The molecule has 0 bridgehead atoms. The summed E-state index contributed by atoms with van der Waals surface area (Å²) in [5, 5.41) is 30.7. The first-order valence-corrected chi connectivity index (χ1v) is 6.87. The van der Waals surface area contributed by atoms with Gasteiger partial charge in [-0.2, -0.15) is 0 Å². The fourth-order valence-electron chi connectivity index (χ4n) is 2.64. The van der Waals surface area contributed by atoms with E-state index in [0.29, 0.717) is 0 Å². The average molecular weight is 332 g/mol. The van der Waals surface area contributed by atoms with Crippen LogP contribution in [-0.4, -0.2) is 27.7 Å². The number of ketones is 2. The molecule has 1 aliphatic rings. The molecule has 0 amide bonds. The van der Waals surface area contributed by atoms with Gasteiger partial charge < -0.3 is 20.1 Å². The van der Waals surface area contributed by atoms with E-state index in [0.717, 1.165) is 0 Å². The third-order valence-corrected chi connectivity index (χ3v) is 4.08. The quantitative estimate of drug-likeness (QED) is 0.672. The molecule has 23 heavy (non-hydrogen) atoms. The maximum atomic E-state index is 12.5. The van der Waals surface area contributed by atoms with Crippen LogP contribution in [0.15, 0.2) is 24.3 Å². The van der Waals surface area contributed by atoms with Gasteiger partial charge in [0.2, 0.25) is 0 Å². The lowest BCUT2D eigenvalue weighted by molar-refractivity contribution is -0.304. The molecule has 0 aliphatic heterocycles. The smallest absolute Gasteiger partial charge is 0.198 e. The van der Waals surface area contributed by atoms with Crippen molar-refractivity contribution in [3.8, 4) is 11.5 Å². The van der Waals surface area contributed by atoms with Gasteiger partial charge in [-0.25, -0.2) is 0 Å². The molecule has 2 aromatic rings. The minimum atomic E-state index is -1.56. The molecule has 0 aromatic heterocycles. The molecule has 0 saturated heterocycles. The fraction of sp³-hybridized carbons (Fsp3) is 0.0625. The van der Waals surface area contributed by atoms with Crippen LogP contribution in [-0.2, 0) is 11.2 Å². The summed E-state index contributed by atoms with van der Waals surface area (Å²) in [4.78, 5) is 35.8. The first-order valence-electron chi connectivity index (χ1n) is 6.49. The van der Waals surface area contributed by atoms with E-state index in [1.807, 2.05) is 0 Å². The number of phenols is 2. The van der Waals surface area contributed by atoms with Gasteiger partial charge in [0, 0.05) is 29.1 Å². The minimum Gasteiger partial charge on any atom is -0.550 e. The Hall–Kier alpha value is -2.86. The SMILES string of the molecule is O=C([O-])Cc1c(O)c2c(c(O)c1Cl)C(=O)c1ccccc1C2=O. The second-order valence-electron chi connectivity index (χ2n) is 4.99. The Kier molecular flexibility index (Phi) is 3.34. The number of rotatable bonds is 2. The number of carboxylic acids is 1. The van der Waals surface area contributed by atoms with Crippen molar-refractivity contribution in [1.82, 2.24) is 0 Å². The molecule has 0 heterocycles. The third kappa shape index (κ3) is 2.07. The zero-order chi connectivity index (χ0) is 16.9. The number of carboxylic acid groups (broad SMARTS) is 1. The second-order valence-corrected chi connectivity index (χ2v) is 5.37. The van der Waals surface area contributed by atoms with E-state index < -0.39 is 51.6 Å². The lowest BCUT2D eigenvalue weighted by Gasteiger charge is -2.22. The average Bonchev–Trinajstić information content (AvgIpc) is 2.52. The van der Waals surface area contributed by atoms with Crippen molar-refractivity contribution in [1.29, 1.82) is 0 Å². The lowest BCUT2D eigenvalue weighted by atomic mass is 9.81. The number of carbonyl (C=O) groups excluding carboxylic acids is 3. The van der Waals surface area contributed by atoms with E-state index in [-0.39, 0.29) is 16.7 Å². The number of phenolic OH excluding ortho intramolecular Hbond substituents is 2. The topological polar surface area (TPSA) is 115 Å². The molecular weight excluding hydrogens is 324 g/mol. The molecule has 2 N–H and O–H groups in total. The first kappa shape index (κ1) is 15.1. The van der Waals surface area contributed by atoms with Gasteiger partial charge in [-0.15, -0.1) is 0 Å². The van der Waals surface area contributed by atoms with E-state index >= 15 is 0 Å². The molecule has 0 saturated carbocycles. The van der Waals surface area contributed by atoms with Crippen LogP contribution < -0.4 is 5.11 Å². The highest BCUT2D eigenvalue weighted by Crippen LogP contribution is 2.45. The number of fused-ring (bicyclic) bond motifs is 2. The normalized spacial score (nSPS) is 12.7. The Labute approximate surface area is 134 Å². The molecule has 2 aromatic carbocycles. The van der Waals surface area contributed by atoms with Crippen molar-refractivity contribution in [2.45, 2.75) is 6.42 Å². The molecular formula is C16H8ClO6-. The number of carbonyl (C=O) groups is 3. The van der Waals surface area contributed by atoms with Crippen LogP contribution >= 0.6 is 11.6 Å². The third-order valence-electron chi connectivity index (χ3n) is 3.67. The number of aromatic hydroxyl groups is 2. The molecule has 116 valence electrons. The molecule has 0 spiro atoms. The molecule has 1 aliphatic carbocycles. The van der Waals surface area contributed by atoms with E-state index in [1.165, 1.54) is 12.1 Å². The maximum Gasteiger partial charge on any atom is 0.198 e. The van der Waals surface area contributed by atoms with Crippen molar-refractivity contribution >= 4 is 29.1 Å². The largest absolute Gasteiger partial charge is 0.550 e. The highest BCUT2D eigenvalue weighted by Gasteiger charge is 2.37. The maximum absolute atomic E-state index is 12.5. The molecule has 7 heteroatoms. The summed E-state index contributed by atoms with van der Waals surface area (Å²) in [7, 11) is 0. The van der Waals surface area contributed by atoms with Crippen LogP contribution in [0.25, 0.3) is 0 Å². The van der Waals surface area contributed by atoms with Gasteiger partial charge in [-0.3, -0.25) is 9.59 Å². The van der Waals surface area contributed by atoms with E-state index in [9.17, 15) is 29.7 Å². The van der Waals surface area contributed by atoms with Crippen LogP contribution in [0.1, 0.15) is 37.4 Å². The van der Waals surface area contributed by atoms with Gasteiger partial charge >= 0.3 is 0 Å². The lowest BCUT2D eigenvalue weighted by Crippen LogP contribution is -2.26. The summed E-state index contributed by atoms with van der Waals surface area (Å²) in [6.45, 7) is 0. The first-order chi connectivity index (χ1) is 10.8. The van der Waals surface area contributed by atoms with Crippen LogP contribution in [0.2, 0.25) is 5.02 Å². The van der Waals surface area contributed by atoms with Gasteiger partial charge in [0.05, 0.1) is 16.1 Å². The molecule has 0 radical (unpaired) electrons. The van der Waals surface area contributed by atoms with Gasteiger partial charge in [0.25, 0.3) is 0 Å². The highest BCUT2D eigenvalue weighted by molar-refractivity contribution is 6.37. The van der Waals surface area contributed by atoms with Crippen LogP contribution in [0, 0.1) is 0 Å². The second kappa shape index (κ2) is 5.10. The van der Waals surface area contributed by atoms with E-state index in [1.54, 1.807) is 12.1 Å². The predicted octanol–water partition coefficient (Wildman–Crippen LogP) is 0.819.